The standard InChI is InChI=1S/C17H24N2O3/c1-16(2,3)10-17(4,5)19-15(21)11-6-7-12-13(8-11)22-9-14(20)18-12/h6-8H,9-10H2,1-5H3,(H,18,20)(H,19,21). The van der Waals surface area contributed by atoms with E-state index < -0.39 is 0 Å². The van der Waals surface area contributed by atoms with E-state index in [1.807, 2.05) is 13.8 Å². The average molecular weight is 304 g/mol. The van der Waals surface area contributed by atoms with Crippen LogP contribution in [0.3, 0.4) is 0 Å². The Hall–Kier alpha value is -2.04. The highest BCUT2D eigenvalue weighted by molar-refractivity contribution is 5.99. The normalized spacial score (nSPS) is 14.7. The van der Waals surface area contributed by atoms with Crippen molar-refractivity contribution in [3.8, 4) is 5.75 Å². The maximum Gasteiger partial charge on any atom is 0.262 e. The van der Waals surface area contributed by atoms with Gasteiger partial charge in [-0.3, -0.25) is 9.59 Å². The molecular formula is C17H24N2O3. The lowest BCUT2D eigenvalue weighted by Crippen LogP contribution is -2.45. The molecule has 0 spiro atoms. The molecule has 2 N–H and O–H groups in total. The van der Waals surface area contributed by atoms with Crippen LogP contribution in [0.25, 0.3) is 0 Å². The van der Waals surface area contributed by atoms with Gasteiger partial charge in [-0.15, -0.1) is 0 Å². The molecule has 0 atom stereocenters. The highest BCUT2D eigenvalue weighted by atomic mass is 16.5. The van der Waals surface area contributed by atoms with Crippen molar-refractivity contribution in [1.82, 2.24) is 5.32 Å². The van der Waals surface area contributed by atoms with E-state index in [4.69, 9.17) is 4.74 Å². The molecule has 1 aromatic carbocycles. The number of rotatable bonds is 3. The third-order valence-electron chi connectivity index (χ3n) is 3.30. The van der Waals surface area contributed by atoms with Crippen molar-refractivity contribution in [3.05, 3.63) is 23.8 Å². The molecule has 0 fully saturated rings. The topological polar surface area (TPSA) is 67.4 Å². The van der Waals surface area contributed by atoms with Gasteiger partial charge in [-0.1, -0.05) is 20.8 Å². The lowest BCUT2D eigenvalue weighted by molar-refractivity contribution is -0.118. The number of amides is 2. The molecule has 0 aliphatic carbocycles. The number of fused-ring (bicyclic) bond motifs is 1. The summed E-state index contributed by atoms with van der Waals surface area (Å²) in [6, 6.07) is 5.05. The van der Waals surface area contributed by atoms with Crippen LogP contribution < -0.4 is 15.4 Å². The average Bonchev–Trinajstić information content (AvgIpc) is 2.34. The molecular weight excluding hydrogens is 280 g/mol. The monoisotopic (exact) mass is 304 g/mol. The van der Waals surface area contributed by atoms with Crippen LogP contribution in [0.4, 0.5) is 5.69 Å². The zero-order valence-electron chi connectivity index (χ0n) is 13.9. The van der Waals surface area contributed by atoms with Crippen LogP contribution in [0.2, 0.25) is 0 Å². The number of anilines is 1. The lowest BCUT2D eigenvalue weighted by atomic mass is 9.81. The number of nitrogens with one attached hydrogen (secondary N) is 2. The molecule has 5 heteroatoms. The van der Waals surface area contributed by atoms with Crippen LogP contribution in [0.1, 0.15) is 51.4 Å². The predicted molar refractivity (Wildman–Crippen MR) is 86.2 cm³/mol. The minimum Gasteiger partial charge on any atom is -0.482 e. The molecule has 0 aromatic heterocycles. The van der Waals surface area contributed by atoms with Gasteiger partial charge in [0.1, 0.15) is 5.75 Å². The molecule has 0 bridgehead atoms. The fourth-order valence-electron chi connectivity index (χ4n) is 2.97. The summed E-state index contributed by atoms with van der Waals surface area (Å²) in [5, 5.41) is 5.77. The smallest absolute Gasteiger partial charge is 0.262 e. The Balaban J connectivity index is 2.12. The summed E-state index contributed by atoms with van der Waals surface area (Å²) in [4.78, 5) is 23.7. The van der Waals surface area contributed by atoms with Gasteiger partial charge in [-0.05, 0) is 43.9 Å². The van der Waals surface area contributed by atoms with E-state index in [1.54, 1.807) is 18.2 Å². The molecule has 1 aliphatic heterocycles. The highest BCUT2D eigenvalue weighted by Gasteiger charge is 2.28. The summed E-state index contributed by atoms with van der Waals surface area (Å²) in [7, 11) is 0. The van der Waals surface area contributed by atoms with E-state index in [9.17, 15) is 9.59 Å². The van der Waals surface area contributed by atoms with E-state index in [0.29, 0.717) is 17.0 Å². The molecule has 0 saturated heterocycles. The molecule has 0 saturated carbocycles. The van der Waals surface area contributed by atoms with Crippen molar-refractivity contribution in [2.75, 3.05) is 11.9 Å². The van der Waals surface area contributed by atoms with Gasteiger partial charge in [0.25, 0.3) is 11.8 Å². The van der Waals surface area contributed by atoms with E-state index in [-0.39, 0.29) is 29.4 Å². The maximum absolute atomic E-state index is 12.4. The van der Waals surface area contributed by atoms with Crippen LogP contribution in [-0.2, 0) is 4.79 Å². The first-order valence-corrected chi connectivity index (χ1v) is 7.45. The Morgan fingerprint density at radius 1 is 1.27 bits per heavy atom. The van der Waals surface area contributed by atoms with Gasteiger partial charge in [0.05, 0.1) is 5.69 Å². The van der Waals surface area contributed by atoms with Crippen LogP contribution in [-0.4, -0.2) is 24.0 Å². The second-order valence-electron chi connectivity index (χ2n) is 7.62. The van der Waals surface area contributed by atoms with Crippen molar-refractivity contribution < 1.29 is 14.3 Å². The van der Waals surface area contributed by atoms with Gasteiger partial charge in [-0.2, -0.15) is 0 Å². The number of hydrogen-bond donors (Lipinski definition) is 2. The molecule has 2 amide bonds. The van der Waals surface area contributed by atoms with Crippen LogP contribution in [0.15, 0.2) is 18.2 Å². The number of hydrogen-bond acceptors (Lipinski definition) is 3. The van der Waals surface area contributed by atoms with Crippen molar-refractivity contribution in [3.63, 3.8) is 0 Å². The van der Waals surface area contributed by atoms with Gasteiger partial charge in [-0.25, -0.2) is 0 Å². The second-order valence-corrected chi connectivity index (χ2v) is 7.62. The van der Waals surface area contributed by atoms with E-state index in [0.717, 1.165) is 6.42 Å². The van der Waals surface area contributed by atoms with Crippen molar-refractivity contribution in [1.29, 1.82) is 0 Å². The molecule has 120 valence electrons. The molecule has 1 aliphatic rings. The van der Waals surface area contributed by atoms with Crippen LogP contribution in [0.5, 0.6) is 5.75 Å². The molecule has 22 heavy (non-hydrogen) atoms. The van der Waals surface area contributed by atoms with Gasteiger partial charge >= 0.3 is 0 Å². The van der Waals surface area contributed by atoms with E-state index in [1.165, 1.54) is 0 Å². The number of carbonyl (C=O) groups is 2. The van der Waals surface area contributed by atoms with Gasteiger partial charge in [0.15, 0.2) is 6.61 Å². The SMILES string of the molecule is CC(C)(C)CC(C)(C)NC(=O)c1ccc2c(c1)OCC(=O)N2. The Morgan fingerprint density at radius 2 is 1.95 bits per heavy atom. The Labute approximate surface area is 131 Å². The molecule has 2 rings (SSSR count). The van der Waals surface area contributed by atoms with Crippen LogP contribution >= 0.6 is 0 Å². The quantitative estimate of drug-likeness (QED) is 0.902. The summed E-state index contributed by atoms with van der Waals surface area (Å²) in [5.41, 5.74) is 0.944. The first kappa shape index (κ1) is 16.3. The Kier molecular flexibility index (Phi) is 4.18. The number of benzene rings is 1. The largest absolute Gasteiger partial charge is 0.482 e. The minimum absolute atomic E-state index is 0.0202. The van der Waals surface area contributed by atoms with Crippen molar-refractivity contribution >= 4 is 17.5 Å². The minimum atomic E-state index is -0.305. The summed E-state index contributed by atoms with van der Waals surface area (Å²) in [5.74, 6) is 0.203. The molecule has 1 aromatic rings. The van der Waals surface area contributed by atoms with E-state index >= 15 is 0 Å². The third-order valence-corrected chi connectivity index (χ3v) is 3.30. The van der Waals surface area contributed by atoms with Crippen molar-refractivity contribution in [2.45, 2.75) is 46.6 Å². The maximum atomic E-state index is 12.4. The van der Waals surface area contributed by atoms with Crippen LogP contribution in [0, 0.1) is 5.41 Å². The zero-order chi connectivity index (χ0) is 16.5. The van der Waals surface area contributed by atoms with Gasteiger partial charge in [0.2, 0.25) is 0 Å². The number of carbonyl (C=O) groups excluding carboxylic acids is 2. The lowest BCUT2D eigenvalue weighted by Gasteiger charge is -2.33. The summed E-state index contributed by atoms with van der Waals surface area (Å²) < 4.78 is 5.35. The number of ether oxygens (including phenoxy) is 1. The Bertz CT molecular complexity index is 600. The van der Waals surface area contributed by atoms with Crippen molar-refractivity contribution in [2.24, 2.45) is 5.41 Å². The molecule has 1 heterocycles. The second kappa shape index (κ2) is 5.63. The van der Waals surface area contributed by atoms with Gasteiger partial charge in [0, 0.05) is 11.1 Å². The molecule has 5 nitrogen and oxygen atoms in total. The first-order chi connectivity index (χ1) is 10.1. The van der Waals surface area contributed by atoms with Gasteiger partial charge < -0.3 is 15.4 Å². The molecule has 0 radical (unpaired) electrons. The van der Waals surface area contributed by atoms with E-state index in [2.05, 4.69) is 31.4 Å². The fourth-order valence-corrected chi connectivity index (χ4v) is 2.97. The zero-order valence-corrected chi connectivity index (χ0v) is 13.9. The molecule has 0 unspecified atom stereocenters. The summed E-state index contributed by atoms with van der Waals surface area (Å²) in [6.07, 6.45) is 0.864. The third kappa shape index (κ3) is 4.23. The summed E-state index contributed by atoms with van der Waals surface area (Å²) in [6.45, 7) is 10.5. The Morgan fingerprint density at radius 3 is 2.59 bits per heavy atom. The highest BCUT2D eigenvalue weighted by Crippen LogP contribution is 2.30. The first-order valence-electron chi connectivity index (χ1n) is 7.45. The fraction of sp³-hybridized carbons (Fsp3) is 0.529. The predicted octanol–water partition coefficient (Wildman–Crippen LogP) is 2.96. The summed E-state index contributed by atoms with van der Waals surface area (Å²) >= 11 is 0.